The number of anilines is 1. The van der Waals surface area contributed by atoms with E-state index in [2.05, 4.69) is 10.4 Å². The molecular formula is C18H22N4O2. The predicted molar refractivity (Wildman–Crippen MR) is 91.6 cm³/mol. The van der Waals surface area contributed by atoms with Crippen LogP contribution in [-0.4, -0.2) is 27.6 Å². The lowest BCUT2D eigenvalue weighted by Gasteiger charge is -2.31. The van der Waals surface area contributed by atoms with E-state index in [-0.39, 0.29) is 11.8 Å². The lowest BCUT2D eigenvalue weighted by Crippen LogP contribution is -2.50. The van der Waals surface area contributed by atoms with Crippen molar-refractivity contribution in [2.45, 2.75) is 46.3 Å². The molecule has 1 N–H and O–H groups in total. The Bertz CT molecular complexity index is 781. The molecule has 0 radical (unpaired) electrons. The Morgan fingerprint density at radius 1 is 1.33 bits per heavy atom. The van der Waals surface area contributed by atoms with Crippen molar-refractivity contribution in [1.29, 1.82) is 0 Å². The molecule has 2 aromatic rings. The average Bonchev–Trinajstić information content (AvgIpc) is 2.92. The summed E-state index contributed by atoms with van der Waals surface area (Å²) < 4.78 is 1.79. The molecule has 0 fully saturated rings. The smallest absolute Gasteiger partial charge is 0.243 e. The molecule has 0 aliphatic carbocycles. The van der Waals surface area contributed by atoms with Gasteiger partial charge in [-0.15, -0.1) is 0 Å². The van der Waals surface area contributed by atoms with Crippen molar-refractivity contribution in [3.63, 3.8) is 0 Å². The van der Waals surface area contributed by atoms with Gasteiger partial charge in [0.15, 0.2) is 0 Å². The topological polar surface area (TPSA) is 67.2 Å². The van der Waals surface area contributed by atoms with Gasteiger partial charge in [0, 0.05) is 19.0 Å². The number of amides is 2. The molecule has 0 saturated carbocycles. The fraction of sp³-hybridized carbons (Fsp3) is 0.389. The largest absolute Gasteiger partial charge is 0.350 e. The molecule has 1 aliphatic heterocycles. The van der Waals surface area contributed by atoms with Crippen LogP contribution in [0.2, 0.25) is 0 Å². The summed E-state index contributed by atoms with van der Waals surface area (Å²) in [5.41, 5.74) is 3.04. The Kier molecular flexibility index (Phi) is 4.38. The molecule has 0 spiro atoms. The van der Waals surface area contributed by atoms with Gasteiger partial charge >= 0.3 is 0 Å². The molecule has 3 rings (SSSR count). The molecular weight excluding hydrogens is 304 g/mol. The van der Waals surface area contributed by atoms with Crippen molar-refractivity contribution in [3.05, 3.63) is 47.2 Å². The van der Waals surface area contributed by atoms with Gasteiger partial charge in [-0.25, -0.2) is 4.68 Å². The summed E-state index contributed by atoms with van der Waals surface area (Å²) in [5, 5.41) is 7.29. The van der Waals surface area contributed by atoms with Crippen LogP contribution in [0.15, 0.2) is 30.3 Å². The third-order valence-corrected chi connectivity index (χ3v) is 4.25. The first-order valence-corrected chi connectivity index (χ1v) is 8.15. The van der Waals surface area contributed by atoms with Crippen molar-refractivity contribution in [1.82, 2.24) is 15.1 Å². The van der Waals surface area contributed by atoms with E-state index in [0.29, 0.717) is 25.3 Å². The Hall–Kier alpha value is -2.63. The number of nitrogens with one attached hydrogen (secondary N) is 1. The SMILES string of the molecule is Cc1cccc(CNC(=O)[C@H](C)N2C(=O)CCn3nc(C)cc32)c1. The van der Waals surface area contributed by atoms with Gasteiger partial charge in [-0.1, -0.05) is 29.8 Å². The molecule has 2 amide bonds. The lowest BCUT2D eigenvalue weighted by molar-refractivity contribution is -0.126. The zero-order valence-corrected chi connectivity index (χ0v) is 14.2. The highest BCUT2D eigenvalue weighted by Gasteiger charge is 2.32. The minimum Gasteiger partial charge on any atom is -0.350 e. The van der Waals surface area contributed by atoms with E-state index in [4.69, 9.17) is 0 Å². The van der Waals surface area contributed by atoms with Gasteiger partial charge in [-0.05, 0) is 26.3 Å². The van der Waals surface area contributed by atoms with Crippen molar-refractivity contribution < 1.29 is 9.59 Å². The second-order valence-corrected chi connectivity index (χ2v) is 6.26. The van der Waals surface area contributed by atoms with E-state index in [1.165, 1.54) is 0 Å². The Morgan fingerprint density at radius 2 is 2.12 bits per heavy atom. The summed E-state index contributed by atoms with van der Waals surface area (Å²) in [5.74, 6) is 0.486. The van der Waals surface area contributed by atoms with Gasteiger partial charge in [0.2, 0.25) is 11.8 Å². The normalized spacial score (nSPS) is 15.1. The number of nitrogens with zero attached hydrogens (tertiary/aromatic N) is 3. The number of hydrogen-bond donors (Lipinski definition) is 1. The summed E-state index contributed by atoms with van der Waals surface area (Å²) in [6.07, 6.45) is 0.365. The van der Waals surface area contributed by atoms with Crippen LogP contribution in [0.25, 0.3) is 0 Å². The second-order valence-electron chi connectivity index (χ2n) is 6.26. The Balaban J connectivity index is 1.72. The molecule has 1 aliphatic rings. The highest BCUT2D eigenvalue weighted by Crippen LogP contribution is 2.24. The third kappa shape index (κ3) is 3.18. The van der Waals surface area contributed by atoms with Gasteiger partial charge in [-0.3, -0.25) is 14.5 Å². The van der Waals surface area contributed by atoms with Gasteiger partial charge in [0.05, 0.1) is 12.2 Å². The quantitative estimate of drug-likeness (QED) is 0.934. The molecule has 24 heavy (non-hydrogen) atoms. The van der Waals surface area contributed by atoms with E-state index < -0.39 is 6.04 Å². The van der Waals surface area contributed by atoms with E-state index in [0.717, 1.165) is 16.8 Å². The summed E-state index contributed by atoms with van der Waals surface area (Å²) in [6, 6.07) is 9.27. The van der Waals surface area contributed by atoms with Crippen LogP contribution in [-0.2, 0) is 22.7 Å². The second kappa shape index (κ2) is 6.47. The molecule has 0 saturated heterocycles. The third-order valence-electron chi connectivity index (χ3n) is 4.25. The Morgan fingerprint density at radius 3 is 2.88 bits per heavy atom. The lowest BCUT2D eigenvalue weighted by atomic mass is 10.1. The van der Waals surface area contributed by atoms with Crippen LogP contribution >= 0.6 is 0 Å². The molecule has 2 heterocycles. The number of rotatable bonds is 4. The van der Waals surface area contributed by atoms with Crippen molar-refractivity contribution in [2.24, 2.45) is 0 Å². The molecule has 1 aromatic heterocycles. The maximum Gasteiger partial charge on any atom is 0.243 e. The van der Waals surface area contributed by atoms with Crippen LogP contribution in [0.1, 0.15) is 30.2 Å². The van der Waals surface area contributed by atoms with Crippen LogP contribution < -0.4 is 10.2 Å². The monoisotopic (exact) mass is 326 g/mol. The minimum atomic E-state index is -0.572. The van der Waals surface area contributed by atoms with Crippen LogP contribution in [0, 0.1) is 13.8 Å². The number of aromatic nitrogens is 2. The van der Waals surface area contributed by atoms with Gasteiger partial charge in [-0.2, -0.15) is 5.10 Å². The van der Waals surface area contributed by atoms with E-state index in [1.807, 2.05) is 44.2 Å². The molecule has 1 aromatic carbocycles. The first kappa shape index (κ1) is 16.2. The number of carbonyl (C=O) groups excluding carboxylic acids is 2. The number of carbonyl (C=O) groups is 2. The molecule has 0 bridgehead atoms. The first-order valence-electron chi connectivity index (χ1n) is 8.15. The van der Waals surface area contributed by atoms with Crippen LogP contribution in [0.4, 0.5) is 5.82 Å². The first-order chi connectivity index (χ1) is 11.5. The molecule has 126 valence electrons. The van der Waals surface area contributed by atoms with Crippen molar-refractivity contribution >= 4 is 17.6 Å². The summed E-state index contributed by atoms with van der Waals surface area (Å²) in [4.78, 5) is 26.4. The molecule has 0 unspecified atom stereocenters. The fourth-order valence-corrected chi connectivity index (χ4v) is 3.03. The molecule has 6 heteroatoms. The van der Waals surface area contributed by atoms with Crippen molar-refractivity contribution in [2.75, 3.05) is 4.90 Å². The number of hydrogen-bond acceptors (Lipinski definition) is 3. The van der Waals surface area contributed by atoms with Crippen LogP contribution in [0.3, 0.4) is 0 Å². The Labute approximate surface area is 141 Å². The predicted octanol–water partition coefficient (Wildman–Crippen LogP) is 1.94. The zero-order valence-electron chi connectivity index (χ0n) is 14.2. The molecule has 1 atom stereocenters. The molecule has 6 nitrogen and oxygen atoms in total. The van der Waals surface area contributed by atoms with E-state index in [1.54, 1.807) is 16.5 Å². The standard InChI is InChI=1S/C18H22N4O2/c1-12-5-4-6-15(9-12)11-19-18(24)14(3)22-16-10-13(2)20-21(16)8-7-17(22)23/h4-6,9-10,14H,7-8,11H2,1-3H3,(H,19,24)/t14-/m0/s1. The van der Waals surface area contributed by atoms with E-state index >= 15 is 0 Å². The highest BCUT2D eigenvalue weighted by molar-refractivity contribution is 6.00. The van der Waals surface area contributed by atoms with Gasteiger partial charge in [0.25, 0.3) is 0 Å². The maximum atomic E-state index is 12.5. The number of fused-ring (bicyclic) bond motifs is 1. The van der Waals surface area contributed by atoms with Gasteiger partial charge < -0.3 is 5.32 Å². The van der Waals surface area contributed by atoms with E-state index in [9.17, 15) is 9.59 Å². The fourth-order valence-electron chi connectivity index (χ4n) is 3.03. The average molecular weight is 326 g/mol. The highest BCUT2D eigenvalue weighted by atomic mass is 16.2. The summed E-state index contributed by atoms with van der Waals surface area (Å²) >= 11 is 0. The van der Waals surface area contributed by atoms with Gasteiger partial charge in [0.1, 0.15) is 11.9 Å². The maximum absolute atomic E-state index is 12.5. The van der Waals surface area contributed by atoms with Crippen LogP contribution in [0.5, 0.6) is 0 Å². The number of benzene rings is 1. The summed E-state index contributed by atoms with van der Waals surface area (Å²) in [7, 11) is 0. The summed E-state index contributed by atoms with van der Waals surface area (Å²) in [6.45, 7) is 6.67. The minimum absolute atomic E-state index is 0.0411. The van der Waals surface area contributed by atoms with Crippen molar-refractivity contribution in [3.8, 4) is 0 Å². The zero-order chi connectivity index (χ0) is 17.3. The number of aryl methyl sites for hydroxylation is 3.